The molecule has 0 N–H and O–H groups in total. The van der Waals surface area contributed by atoms with Gasteiger partial charge in [0.2, 0.25) is 0 Å². The van der Waals surface area contributed by atoms with Gasteiger partial charge in [-0.2, -0.15) is 5.10 Å². The van der Waals surface area contributed by atoms with Crippen LogP contribution >= 0.6 is 0 Å². The number of nitrogens with zero attached hydrogens (tertiary/aromatic N) is 8. The highest BCUT2D eigenvalue weighted by Gasteiger charge is 2.34. The van der Waals surface area contributed by atoms with Crippen LogP contribution < -0.4 is 4.90 Å². The molecule has 6 rings (SSSR count). The van der Waals surface area contributed by atoms with Gasteiger partial charge in [0.15, 0.2) is 28.5 Å². The van der Waals surface area contributed by atoms with Gasteiger partial charge in [-0.15, -0.1) is 0 Å². The molecule has 1 aliphatic carbocycles. The zero-order valence-electron chi connectivity index (χ0n) is 18.1. The Morgan fingerprint density at radius 2 is 2.10 bits per heavy atom. The van der Waals surface area contributed by atoms with Crippen LogP contribution in [0.2, 0.25) is 0 Å². The number of fused-ring (bicyclic) bond motifs is 4. The monoisotopic (exact) mass is 418 g/mol. The van der Waals surface area contributed by atoms with E-state index in [4.69, 9.17) is 19.7 Å². The first-order chi connectivity index (χ1) is 15.0. The molecular weight excluding hydrogens is 392 g/mol. The van der Waals surface area contributed by atoms with E-state index in [1.54, 1.807) is 10.7 Å². The maximum atomic E-state index is 6.00. The first-order valence-electron chi connectivity index (χ1n) is 10.9. The van der Waals surface area contributed by atoms with E-state index in [2.05, 4.69) is 40.4 Å². The van der Waals surface area contributed by atoms with Gasteiger partial charge in [0.25, 0.3) is 0 Å². The average molecular weight is 419 g/mol. The Morgan fingerprint density at radius 3 is 2.90 bits per heavy atom. The van der Waals surface area contributed by atoms with Crippen LogP contribution in [0.25, 0.3) is 28.2 Å². The number of hydrogen-bond acceptors (Lipinski definition) is 7. The van der Waals surface area contributed by atoms with E-state index in [9.17, 15) is 0 Å². The molecule has 0 bridgehead atoms. The molecule has 5 heterocycles. The molecule has 1 aliphatic heterocycles. The molecule has 4 aromatic rings. The lowest BCUT2D eigenvalue weighted by atomic mass is 9.85. The maximum absolute atomic E-state index is 6.00. The van der Waals surface area contributed by atoms with Crippen LogP contribution in [-0.4, -0.2) is 54.3 Å². The van der Waals surface area contributed by atoms with Crippen molar-refractivity contribution in [3.8, 4) is 11.4 Å². The van der Waals surface area contributed by atoms with E-state index in [-0.39, 0.29) is 0 Å². The summed E-state index contributed by atoms with van der Waals surface area (Å²) in [5.74, 6) is 3.13. The van der Waals surface area contributed by atoms with Crippen molar-refractivity contribution in [1.82, 2.24) is 34.1 Å². The third kappa shape index (κ3) is 2.98. The minimum Gasteiger partial charge on any atom is -0.366 e. The van der Waals surface area contributed by atoms with Gasteiger partial charge in [0.05, 0.1) is 18.4 Å². The van der Waals surface area contributed by atoms with Crippen molar-refractivity contribution >= 4 is 22.6 Å². The fraction of sp³-hybridized carbons (Fsp3) is 0.500. The molecule has 0 atom stereocenters. The van der Waals surface area contributed by atoms with E-state index in [1.807, 2.05) is 18.5 Å². The number of aromatic nitrogens is 7. The summed E-state index contributed by atoms with van der Waals surface area (Å²) in [7, 11) is 2.11. The highest BCUT2D eigenvalue weighted by Crippen LogP contribution is 2.35. The van der Waals surface area contributed by atoms with E-state index >= 15 is 0 Å². The summed E-state index contributed by atoms with van der Waals surface area (Å²) in [6.07, 6.45) is 9.37. The van der Waals surface area contributed by atoms with E-state index in [1.165, 1.54) is 19.3 Å². The van der Waals surface area contributed by atoms with Crippen LogP contribution in [-0.2, 0) is 16.9 Å². The largest absolute Gasteiger partial charge is 0.366 e. The van der Waals surface area contributed by atoms with Crippen LogP contribution in [0.15, 0.2) is 24.7 Å². The lowest BCUT2D eigenvalue weighted by Crippen LogP contribution is -2.33. The predicted molar refractivity (Wildman–Crippen MR) is 117 cm³/mol. The number of ether oxygens (including phenoxy) is 1. The summed E-state index contributed by atoms with van der Waals surface area (Å²) in [5, 5.41) is 4.32. The normalized spacial score (nSPS) is 18.3. The van der Waals surface area contributed by atoms with Crippen molar-refractivity contribution < 1.29 is 4.74 Å². The Hall–Kier alpha value is -3.07. The molecule has 0 aromatic carbocycles. The molecule has 1 saturated carbocycles. The number of imidazole rings is 1. The third-order valence-corrected chi connectivity index (χ3v) is 6.52. The topological polar surface area (TPSA) is 86.3 Å². The first-order valence-corrected chi connectivity index (χ1v) is 10.9. The van der Waals surface area contributed by atoms with Crippen molar-refractivity contribution in [3.63, 3.8) is 0 Å². The zero-order chi connectivity index (χ0) is 21.2. The molecule has 9 nitrogen and oxygen atoms in total. The molecule has 0 spiro atoms. The standard InChI is InChI=1S/C22H26N8O/c1-22(2)21-25-17-19(28(3)12-14-5-4-6-14)26-18(27-20(17)29(21)9-10-31-22)15-11-23-16-7-8-24-30(16)13-15/h7-8,11,13-14H,4-6,9-10,12H2,1-3H3. The summed E-state index contributed by atoms with van der Waals surface area (Å²) in [5.41, 5.74) is 2.86. The molecule has 2 aliphatic rings. The number of anilines is 1. The molecule has 0 saturated heterocycles. The Morgan fingerprint density at radius 1 is 1.23 bits per heavy atom. The second kappa shape index (κ2) is 6.71. The summed E-state index contributed by atoms with van der Waals surface area (Å²) >= 11 is 0. The van der Waals surface area contributed by atoms with Gasteiger partial charge in [-0.25, -0.2) is 24.5 Å². The van der Waals surface area contributed by atoms with Gasteiger partial charge >= 0.3 is 0 Å². The van der Waals surface area contributed by atoms with Crippen molar-refractivity contribution in [2.75, 3.05) is 25.1 Å². The smallest absolute Gasteiger partial charge is 0.167 e. The fourth-order valence-electron chi connectivity index (χ4n) is 4.58. The highest BCUT2D eigenvalue weighted by molar-refractivity contribution is 5.86. The van der Waals surface area contributed by atoms with Crippen LogP contribution in [0, 0.1) is 5.92 Å². The average Bonchev–Trinajstić information content (AvgIpc) is 3.34. The summed E-state index contributed by atoms with van der Waals surface area (Å²) < 4.78 is 9.94. The van der Waals surface area contributed by atoms with Gasteiger partial charge in [-0.05, 0) is 32.6 Å². The Bertz CT molecular complexity index is 1290. The lowest BCUT2D eigenvalue weighted by molar-refractivity contribution is -0.0530. The van der Waals surface area contributed by atoms with Gasteiger partial charge in [-0.1, -0.05) is 6.42 Å². The van der Waals surface area contributed by atoms with E-state index in [0.29, 0.717) is 12.4 Å². The van der Waals surface area contributed by atoms with Gasteiger partial charge in [-0.3, -0.25) is 0 Å². The quantitative estimate of drug-likeness (QED) is 0.503. The minimum atomic E-state index is -0.460. The Kier molecular flexibility index (Phi) is 4.05. The van der Waals surface area contributed by atoms with Crippen LogP contribution in [0.1, 0.15) is 38.9 Å². The van der Waals surface area contributed by atoms with Gasteiger partial charge < -0.3 is 14.2 Å². The highest BCUT2D eigenvalue weighted by atomic mass is 16.5. The number of rotatable bonds is 4. The molecule has 0 amide bonds. The maximum Gasteiger partial charge on any atom is 0.167 e. The van der Waals surface area contributed by atoms with Gasteiger partial charge in [0, 0.05) is 38.6 Å². The van der Waals surface area contributed by atoms with Crippen LogP contribution in [0.3, 0.4) is 0 Å². The molecule has 0 unspecified atom stereocenters. The molecule has 31 heavy (non-hydrogen) atoms. The molecule has 4 aromatic heterocycles. The van der Waals surface area contributed by atoms with Crippen LogP contribution in [0.4, 0.5) is 5.82 Å². The summed E-state index contributed by atoms with van der Waals surface area (Å²) in [4.78, 5) is 21.7. The third-order valence-electron chi connectivity index (χ3n) is 6.52. The van der Waals surface area contributed by atoms with Crippen LogP contribution in [0.5, 0.6) is 0 Å². The molecular formula is C22H26N8O. The Balaban J connectivity index is 1.55. The summed E-state index contributed by atoms with van der Waals surface area (Å²) in [6, 6.07) is 1.88. The Labute approximate surface area is 180 Å². The van der Waals surface area contributed by atoms with E-state index < -0.39 is 5.60 Å². The van der Waals surface area contributed by atoms with Gasteiger partial charge in [0.1, 0.15) is 11.4 Å². The molecule has 0 radical (unpaired) electrons. The summed E-state index contributed by atoms with van der Waals surface area (Å²) in [6.45, 7) is 6.47. The SMILES string of the molecule is CN(CC1CCC1)c1nc(-c2cnc3ccnn3c2)nc2c1nc1n2CCOC1(C)C. The van der Waals surface area contributed by atoms with Crippen molar-refractivity contribution in [1.29, 1.82) is 0 Å². The molecule has 9 heteroatoms. The van der Waals surface area contributed by atoms with Crippen molar-refractivity contribution in [3.05, 3.63) is 30.5 Å². The number of hydrogen-bond donors (Lipinski definition) is 0. The zero-order valence-corrected chi connectivity index (χ0v) is 18.1. The molecule has 160 valence electrons. The first kappa shape index (κ1) is 18.7. The second-order valence-electron chi connectivity index (χ2n) is 9.14. The fourth-order valence-corrected chi connectivity index (χ4v) is 4.58. The molecule has 1 fully saturated rings. The lowest BCUT2D eigenvalue weighted by Gasteiger charge is -2.30. The second-order valence-corrected chi connectivity index (χ2v) is 9.14. The minimum absolute atomic E-state index is 0.460. The van der Waals surface area contributed by atoms with Crippen molar-refractivity contribution in [2.24, 2.45) is 5.92 Å². The van der Waals surface area contributed by atoms with E-state index in [0.717, 1.165) is 53.0 Å². The predicted octanol–water partition coefficient (Wildman–Crippen LogP) is 3.04. The van der Waals surface area contributed by atoms with Crippen molar-refractivity contribution in [2.45, 2.75) is 45.3 Å².